The second kappa shape index (κ2) is 10.9. The molecule has 194 valence electrons. The lowest BCUT2D eigenvalue weighted by atomic mass is 9.93. The summed E-state index contributed by atoms with van der Waals surface area (Å²) in [6.07, 6.45) is 0.883. The van der Waals surface area contributed by atoms with E-state index in [0.717, 1.165) is 35.1 Å². The molecule has 1 aliphatic carbocycles. The van der Waals surface area contributed by atoms with E-state index < -0.39 is 23.8 Å². The Labute approximate surface area is 218 Å². The molecule has 0 heterocycles. The number of nitrogens with zero attached hydrogens (tertiary/aromatic N) is 1. The van der Waals surface area contributed by atoms with E-state index in [1.165, 1.54) is 0 Å². The van der Waals surface area contributed by atoms with Crippen LogP contribution >= 0.6 is 11.6 Å². The number of aryl methyl sites for hydroxylation is 3. The molecule has 1 aliphatic rings. The first-order valence-corrected chi connectivity index (χ1v) is 12.6. The van der Waals surface area contributed by atoms with Crippen LogP contribution in [0.5, 0.6) is 0 Å². The van der Waals surface area contributed by atoms with E-state index in [4.69, 9.17) is 16.3 Å². The molecule has 0 saturated heterocycles. The standard InChI is InChI=1S/C28H36ClN3O4/c1-16-10-8-11-17(2)22(16)24(25(33)31-23-18(3)12-9-13-21(23)29)32(20-14-15-20)26(34)19(4)30-27(35)36-28(5,6)7/h8-13,19-20,24H,14-15H2,1-7H3,(H,30,35)(H,31,33). The van der Waals surface area contributed by atoms with Gasteiger partial charge in [0.1, 0.15) is 17.7 Å². The Morgan fingerprint density at radius 2 is 1.56 bits per heavy atom. The zero-order valence-electron chi connectivity index (χ0n) is 22.1. The van der Waals surface area contributed by atoms with Gasteiger partial charge in [-0.3, -0.25) is 9.59 Å². The molecule has 0 bridgehead atoms. The van der Waals surface area contributed by atoms with Crippen molar-refractivity contribution in [2.45, 2.75) is 85.0 Å². The maximum atomic E-state index is 14.0. The number of hydrogen-bond donors (Lipinski definition) is 2. The molecular weight excluding hydrogens is 478 g/mol. The van der Waals surface area contributed by atoms with Gasteiger partial charge in [0.15, 0.2) is 0 Å². The van der Waals surface area contributed by atoms with Crippen molar-refractivity contribution in [3.63, 3.8) is 0 Å². The van der Waals surface area contributed by atoms with Crippen molar-refractivity contribution in [1.82, 2.24) is 10.2 Å². The normalized spacial score (nSPS) is 15.0. The van der Waals surface area contributed by atoms with Crippen LogP contribution in [-0.2, 0) is 14.3 Å². The number of rotatable bonds is 7. The minimum atomic E-state index is -0.898. The van der Waals surface area contributed by atoms with Crippen molar-refractivity contribution in [3.05, 3.63) is 63.7 Å². The van der Waals surface area contributed by atoms with Crippen molar-refractivity contribution < 1.29 is 19.1 Å². The van der Waals surface area contributed by atoms with Gasteiger partial charge in [-0.1, -0.05) is 41.9 Å². The van der Waals surface area contributed by atoms with E-state index >= 15 is 0 Å². The maximum Gasteiger partial charge on any atom is 0.408 e. The number of carbonyl (C=O) groups excluding carboxylic acids is 3. The van der Waals surface area contributed by atoms with Gasteiger partial charge in [0.25, 0.3) is 5.91 Å². The Balaban J connectivity index is 2.00. The Kier molecular flexibility index (Phi) is 8.34. The van der Waals surface area contributed by atoms with E-state index in [1.54, 1.807) is 38.7 Å². The van der Waals surface area contributed by atoms with Crippen LogP contribution in [0.15, 0.2) is 36.4 Å². The highest BCUT2D eigenvalue weighted by Crippen LogP contribution is 2.38. The highest BCUT2D eigenvalue weighted by molar-refractivity contribution is 6.34. The van der Waals surface area contributed by atoms with Gasteiger partial charge in [-0.05, 0) is 89.6 Å². The van der Waals surface area contributed by atoms with Gasteiger partial charge in [-0.25, -0.2) is 4.79 Å². The molecule has 8 heteroatoms. The number of para-hydroxylation sites is 1. The smallest absolute Gasteiger partial charge is 0.408 e. The summed E-state index contributed by atoms with van der Waals surface area (Å²) >= 11 is 6.41. The van der Waals surface area contributed by atoms with Crippen LogP contribution in [0, 0.1) is 20.8 Å². The van der Waals surface area contributed by atoms with Crippen molar-refractivity contribution >= 4 is 35.2 Å². The van der Waals surface area contributed by atoms with Crippen LogP contribution in [-0.4, -0.2) is 40.5 Å². The molecule has 2 N–H and O–H groups in total. The predicted molar refractivity (Wildman–Crippen MR) is 142 cm³/mol. The molecule has 2 aromatic rings. The zero-order chi connectivity index (χ0) is 26.8. The molecule has 7 nitrogen and oxygen atoms in total. The number of nitrogens with one attached hydrogen (secondary N) is 2. The fourth-order valence-electron chi connectivity index (χ4n) is 4.28. The number of carbonyl (C=O) groups is 3. The van der Waals surface area contributed by atoms with Crippen LogP contribution in [0.3, 0.4) is 0 Å². The van der Waals surface area contributed by atoms with E-state index in [1.807, 2.05) is 51.1 Å². The third-order valence-corrected chi connectivity index (χ3v) is 6.43. The van der Waals surface area contributed by atoms with E-state index in [-0.39, 0.29) is 17.9 Å². The van der Waals surface area contributed by atoms with Crippen molar-refractivity contribution in [1.29, 1.82) is 0 Å². The molecular formula is C28H36ClN3O4. The molecule has 2 aromatic carbocycles. The van der Waals surface area contributed by atoms with Gasteiger partial charge in [-0.15, -0.1) is 0 Å². The zero-order valence-corrected chi connectivity index (χ0v) is 22.8. The first-order chi connectivity index (χ1) is 16.8. The predicted octanol–water partition coefficient (Wildman–Crippen LogP) is 5.85. The SMILES string of the molecule is Cc1cccc(Cl)c1NC(=O)C(c1c(C)cccc1C)N(C(=O)C(C)NC(=O)OC(C)(C)C)C1CC1. The van der Waals surface area contributed by atoms with Gasteiger partial charge in [0.2, 0.25) is 5.91 Å². The fraction of sp³-hybridized carbons (Fsp3) is 0.464. The maximum absolute atomic E-state index is 14.0. The average Bonchev–Trinajstić information content (AvgIpc) is 3.58. The third kappa shape index (κ3) is 6.58. The first-order valence-electron chi connectivity index (χ1n) is 12.2. The molecule has 3 rings (SSSR count). The number of halogens is 1. The Bertz CT molecular complexity index is 1110. The van der Waals surface area contributed by atoms with Crippen LogP contribution in [0.4, 0.5) is 10.5 Å². The van der Waals surface area contributed by atoms with E-state index in [9.17, 15) is 14.4 Å². The monoisotopic (exact) mass is 513 g/mol. The molecule has 2 unspecified atom stereocenters. The number of benzene rings is 2. The van der Waals surface area contributed by atoms with Gasteiger partial charge in [0.05, 0.1) is 10.7 Å². The van der Waals surface area contributed by atoms with Gasteiger partial charge in [-0.2, -0.15) is 0 Å². The van der Waals surface area contributed by atoms with Crippen LogP contribution in [0.1, 0.15) is 68.8 Å². The van der Waals surface area contributed by atoms with Crippen LogP contribution in [0.25, 0.3) is 0 Å². The van der Waals surface area contributed by atoms with E-state index in [0.29, 0.717) is 10.7 Å². The molecule has 2 atom stereocenters. The number of anilines is 1. The van der Waals surface area contributed by atoms with Crippen molar-refractivity contribution in [3.8, 4) is 0 Å². The molecule has 0 aromatic heterocycles. The Morgan fingerprint density at radius 3 is 2.08 bits per heavy atom. The molecule has 36 heavy (non-hydrogen) atoms. The number of alkyl carbamates (subject to hydrolysis) is 1. The Morgan fingerprint density at radius 1 is 1.00 bits per heavy atom. The summed E-state index contributed by atoms with van der Waals surface area (Å²) in [5, 5.41) is 6.04. The van der Waals surface area contributed by atoms with Gasteiger partial charge >= 0.3 is 6.09 Å². The lowest BCUT2D eigenvalue weighted by Crippen LogP contribution is -2.52. The summed E-state index contributed by atoms with van der Waals surface area (Å²) < 4.78 is 5.34. The summed E-state index contributed by atoms with van der Waals surface area (Å²) in [5.74, 6) is -0.699. The minimum Gasteiger partial charge on any atom is -0.444 e. The molecule has 1 fully saturated rings. The fourth-order valence-corrected chi connectivity index (χ4v) is 4.55. The van der Waals surface area contributed by atoms with Gasteiger partial charge in [0, 0.05) is 6.04 Å². The quantitative estimate of drug-likeness (QED) is 0.486. The molecule has 0 spiro atoms. The average molecular weight is 514 g/mol. The Hall–Kier alpha value is -3.06. The number of ether oxygens (including phenoxy) is 1. The molecule has 0 radical (unpaired) electrons. The van der Waals surface area contributed by atoms with Gasteiger partial charge < -0.3 is 20.3 Å². The highest BCUT2D eigenvalue weighted by Gasteiger charge is 2.44. The van der Waals surface area contributed by atoms with Crippen molar-refractivity contribution in [2.24, 2.45) is 0 Å². The largest absolute Gasteiger partial charge is 0.444 e. The highest BCUT2D eigenvalue weighted by atomic mass is 35.5. The lowest BCUT2D eigenvalue weighted by molar-refractivity contribution is -0.141. The van der Waals surface area contributed by atoms with Crippen LogP contribution < -0.4 is 10.6 Å². The van der Waals surface area contributed by atoms with E-state index in [2.05, 4.69) is 10.6 Å². The lowest BCUT2D eigenvalue weighted by Gasteiger charge is -2.35. The number of hydrogen-bond acceptors (Lipinski definition) is 4. The third-order valence-electron chi connectivity index (χ3n) is 6.11. The van der Waals surface area contributed by atoms with Crippen molar-refractivity contribution in [2.75, 3.05) is 5.32 Å². The summed E-state index contributed by atoms with van der Waals surface area (Å²) in [6, 6.07) is 9.30. The molecule has 1 saturated carbocycles. The summed E-state index contributed by atoms with van der Waals surface area (Å²) in [4.78, 5) is 41.8. The summed E-state index contributed by atoms with van der Waals surface area (Å²) in [5.41, 5.74) is 3.21. The number of amides is 3. The summed E-state index contributed by atoms with van der Waals surface area (Å²) in [7, 11) is 0. The molecule has 0 aliphatic heterocycles. The van der Waals surface area contributed by atoms with Crippen LogP contribution in [0.2, 0.25) is 5.02 Å². The molecule has 3 amide bonds. The topological polar surface area (TPSA) is 87.7 Å². The minimum absolute atomic E-state index is 0.109. The second-order valence-electron chi connectivity index (χ2n) is 10.5. The second-order valence-corrected chi connectivity index (χ2v) is 10.9. The first kappa shape index (κ1) is 27.5. The summed E-state index contributed by atoms with van der Waals surface area (Å²) in [6.45, 7) is 12.6.